The third kappa shape index (κ3) is 3.06. The Morgan fingerprint density at radius 1 is 1.73 bits per heavy atom. The number of aliphatic hydroxyl groups is 1. The molecule has 2 atom stereocenters. The van der Waals surface area contributed by atoms with Crippen molar-refractivity contribution in [1.82, 2.24) is 0 Å². The van der Waals surface area contributed by atoms with E-state index in [4.69, 9.17) is 5.11 Å². The lowest BCUT2D eigenvalue weighted by Crippen LogP contribution is -2.08. The highest BCUT2D eigenvalue weighted by Crippen LogP contribution is 2.25. The molecule has 1 rings (SSSR count). The first-order chi connectivity index (χ1) is 5.18. The Morgan fingerprint density at radius 2 is 2.45 bits per heavy atom. The molecular formula is C10H18O. The van der Waals surface area contributed by atoms with Gasteiger partial charge in [-0.25, -0.2) is 0 Å². The van der Waals surface area contributed by atoms with Crippen LogP contribution in [-0.2, 0) is 0 Å². The second-order valence-corrected chi connectivity index (χ2v) is 3.80. The maximum absolute atomic E-state index is 9.15. The summed E-state index contributed by atoms with van der Waals surface area (Å²) in [7, 11) is 0. The molecule has 1 aliphatic rings. The van der Waals surface area contributed by atoms with Crippen LogP contribution in [0.4, 0.5) is 0 Å². The van der Waals surface area contributed by atoms with E-state index in [0.717, 1.165) is 12.3 Å². The van der Waals surface area contributed by atoms with Gasteiger partial charge in [-0.15, -0.1) is 0 Å². The van der Waals surface area contributed by atoms with Crippen molar-refractivity contribution in [2.45, 2.75) is 45.6 Å². The van der Waals surface area contributed by atoms with Gasteiger partial charge in [-0.05, 0) is 38.5 Å². The topological polar surface area (TPSA) is 20.2 Å². The van der Waals surface area contributed by atoms with Gasteiger partial charge in [0.15, 0.2) is 0 Å². The largest absolute Gasteiger partial charge is 0.393 e. The average molecular weight is 154 g/mol. The second kappa shape index (κ2) is 3.91. The van der Waals surface area contributed by atoms with Gasteiger partial charge in [0.1, 0.15) is 0 Å². The summed E-state index contributed by atoms with van der Waals surface area (Å²) in [5, 5.41) is 9.15. The minimum absolute atomic E-state index is 0.161. The first-order valence-electron chi connectivity index (χ1n) is 4.54. The van der Waals surface area contributed by atoms with Gasteiger partial charge in [0.2, 0.25) is 0 Å². The van der Waals surface area contributed by atoms with Gasteiger partial charge < -0.3 is 5.11 Å². The maximum Gasteiger partial charge on any atom is 0.0549 e. The molecular weight excluding hydrogens is 136 g/mol. The number of rotatable bonds is 2. The molecule has 0 fully saturated rings. The van der Waals surface area contributed by atoms with E-state index in [1.54, 1.807) is 0 Å². The summed E-state index contributed by atoms with van der Waals surface area (Å²) in [6.45, 7) is 4.15. The van der Waals surface area contributed by atoms with Crippen LogP contribution in [0.3, 0.4) is 0 Å². The Bertz CT molecular complexity index is 147. The summed E-state index contributed by atoms with van der Waals surface area (Å²) in [6, 6.07) is 0. The van der Waals surface area contributed by atoms with Gasteiger partial charge in [-0.2, -0.15) is 0 Å². The number of hydrogen-bond acceptors (Lipinski definition) is 1. The molecule has 0 radical (unpaired) electrons. The molecule has 11 heavy (non-hydrogen) atoms. The smallest absolute Gasteiger partial charge is 0.0549 e. The highest BCUT2D eigenvalue weighted by Gasteiger charge is 2.11. The Labute approximate surface area is 69.1 Å². The van der Waals surface area contributed by atoms with Crippen LogP contribution in [-0.4, -0.2) is 11.2 Å². The Kier molecular flexibility index (Phi) is 3.13. The number of allylic oxidation sites excluding steroid dienone is 1. The highest BCUT2D eigenvalue weighted by molar-refractivity contribution is 5.07. The van der Waals surface area contributed by atoms with E-state index in [1.165, 1.54) is 24.8 Å². The van der Waals surface area contributed by atoms with E-state index >= 15 is 0 Å². The van der Waals surface area contributed by atoms with Crippen LogP contribution in [0.1, 0.15) is 39.5 Å². The van der Waals surface area contributed by atoms with E-state index < -0.39 is 0 Å². The van der Waals surface area contributed by atoms with Gasteiger partial charge >= 0.3 is 0 Å². The van der Waals surface area contributed by atoms with E-state index in [2.05, 4.69) is 13.0 Å². The van der Waals surface area contributed by atoms with Crippen molar-refractivity contribution in [2.75, 3.05) is 0 Å². The quantitative estimate of drug-likeness (QED) is 0.606. The zero-order valence-corrected chi connectivity index (χ0v) is 7.51. The molecule has 64 valence electrons. The van der Waals surface area contributed by atoms with Crippen LogP contribution >= 0.6 is 0 Å². The Morgan fingerprint density at radius 3 is 3.00 bits per heavy atom. The van der Waals surface area contributed by atoms with Crippen molar-refractivity contribution < 1.29 is 5.11 Å². The molecule has 1 aliphatic carbocycles. The lowest BCUT2D eigenvalue weighted by molar-refractivity contribution is 0.192. The zero-order chi connectivity index (χ0) is 8.27. The fraction of sp³-hybridized carbons (Fsp3) is 0.800. The van der Waals surface area contributed by atoms with E-state index in [1.807, 2.05) is 6.92 Å². The van der Waals surface area contributed by atoms with Crippen molar-refractivity contribution in [3.05, 3.63) is 11.6 Å². The van der Waals surface area contributed by atoms with Gasteiger partial charge in [-0.1, -0.05) is 18.6 Å². The molecule has 2 unspecified atom stereocenters. The molecule has 1 nitrogen and oxygen atoms in total. The summed E-state index contributed by atoms with van der Waals surface area (Å²) < 4.78 is 0. The minimum Gasteiger partial charge on any atom is -0.393 e. The molecule has 0 aromatic rings. The summed E-state index contributed by atoms with van der Waals surface area (Å²) >= 11 is 0. The zero-order valence-electron chi connectivity index (χ0n) is 7.51. The van der Waals surface area contributed by atoms with Crippen molar-refractivity contribution in [3.63, 3.8) is 0 Å². The van der Waals surface area contributed by atoms with E-state index in [-0.39, 0.29) is 6.10 Å². The minimum atomic E-state index is -0.161. The predicted molar refractivity (Wildman–Crippen MR) is 47.4 cm³/mol. The Hall–Kier alpha value is -0.300. The van der Waals surface area contributed by atoms with Gasteiger partial charge in [0, 0.05) is 0 Å². The molecule has 1 N–H and O–H groups in total. The van der Waals surface area contributed by atoms with Crippen molar-refractivity contribution in [2.24, 2.45) is 5.92 Å². The molecule has 0 aromatic heterocycles. The van der Waals surface area contributed by atoms with Crippen molar-refractivity contribution in [1.29, 1.82) is 0 Å². The first-order valence-corrected chi connectivity index (χ1v) is 4.54. The third-order valence-electron chi connectivity index (χ3n) is 2.26. The van der Waals surface area contributed by atoms with Crippen LogP contribution in [0.2, 0.25) is 0 Å². The molecule has 0 aliphatic heterocycles. The summed E-state index contributed by atoms with van der Waals surface area (Å²) in [6.07, 6.45) is 6.75. The van der Waals surface area contributed by atoms with Crippen molar-refractivity contribution in [3.8, 4) is 0 Å². The van der Waals surface area contributed by atoms with E-state index in [0.29, 0.717) is 0 Å². The number of aliphatic hydroxyl groups excluding tert-OH is 1. The number of hydrogen-bond donors (Lipinski definition) is 1. The lowest BCUT2D eigenvalue weighted by Gasteiger charge is -2.19. The average Bonchev–Trinajstić information content (AvgIpc) is 1.85. The maximum atomic E-state index is 9.15. The fourth-order valence-electron chi connectivity index (χ4n) is 1.75. The molecule has 0 spiro atoms. The summed E-state index contributed by atoms with van der Waals surface area (Å²) in [4.78, 5) is 0. The van der Waals surface area contributed by atoms with Gasteiger partial charge in [0.05, 0.1) is 6.10 Å². The monoisotopic (exact) mass is 154 g/mol. The molecule has 0 bridgehead atoms. The molecule has 1 heteroatoms. The van der Waals surface area contributed by atoms with Crippen LogP contribution in [0, 0.1) is 5.92 Å². The molecule has 0 saturated carbocycles. The predicted octanol–water partition coefficient (Wildman–Crippen LogP) is 2.50. The lowest BCUT2D eigenvalue weighted by atomic mass is 9.88. The standard InChI is InChI=1S/C10H18O/c1-8-4-3-5-10(6-8)7-9(2)11/h5,8-9,11H,3-4,6-7H2,1-2H3. The summed E-state index contributed by atoms with van der Waals surface area (Å²) in [5.74, 6) is 0.828. The fourth-order valence-corrected chi connectivity index (χ4v) is 1.75. The van der Waals surface area contributed by atoms with Gasteiger partial charge in [0.25, 0.3) is 0 Å². The van der Waals surface area contributed by atoms with Crippen LogP contribution in [0.5, 0.6) is 0 Å². The molecule has 0 heterocycles. The molecule has 0 amide bonds. The van der Waals surface area contributed by atoms with Crippen LogP contribution in [0.15, 0.2) is 11.6 Å². The highest BCUT2D eigenvalue weighted by atomic mass is 16.3. The van der Waals surface area contributed by atoms with Gasteiger partial charge in [-0.3, -0.25) is 0 Å². The SMILES string of the molecule is CC(O)CC1=CCCC(C)C1. The molecule has 0 aromatic carbocycles. The third-order valence-corrected chi connectivity index (χ3v) is 2.26. The van der Waals surface area contributed by atoms with Crippen molar-refractivity contribution >= 4 is 0 Å². The summed E-state index contributed by atoms with van der Waals surface area (Å²) in [5.41, 5.74) is 1.46. The molecule has 0 saturated heterocycles. The van der Waals surface area contributed by atoms with Crippen LogP contribution in [0.25, 0.3) is 0 Å². The van der Waals surface area contributed by atoms with Crippen LogP contribution < -0.4 is 0 Å². The van der Waals surface area contributed by atoms with E-state index in [9.17, 15) is 0 Å². The second-order valence-electron chi connectivity index (χ2n) is 3.80. The Balaban J connectivity index is 2.38. The first kappa shape index (κ1) is 8.79. The normalized spacial score (nSPS) is 27.9.